The normalized spacial score (nSPS) is 11.0. The maximum absolute atomic E-state index is 12.2. The van der Waals surface area contributed by atoms with Gasteiger partial charge in [0.15, 0.2) is 9.84 Å². The van der Waals surface area contributed by atoms with Crippen molar-refractivity contribution in [3.05, 3.63) is 59.7 Å². The lowest BCUT2D eigenvalue weighted by atomic mass is 10.2. The minimum absolute atomic E-state index is 0.0813. The average molecular weight is 317 g/mol. The molecule has 0 atom stereocenters. The first-order valence-corrected chi connectivity index (χ1v) is 9.08. The Morgan fingerprint density at radius 3 is 2.38 bits per heavy atom. The quantitative estimate of drug-likeness (QED) is 0.793. The van der Waals surface area contributed by atoms with Crippen LogP contribution in [0, 0.1) is 18.3 Å². The SMILES string of the molecule is Cc1ccccc1SCCS(=O)(=O)c1ccc(C#N)cc1. The van der Waals surface area contributed by atoms with Gasteiger partial charge in [0.2, 0.25) is 0 Å². The van der Waals surface area contributed by atoms with Gasteiger partial charge in [-0.3, -0.25) is 0 Å². The van der Waals surface area contributed by atoms with E-state index >= 15 is 0 Å². The second-order valence-electron chi connectivity index (χ2n) is 4.57. The van der Waals surface area contributed by atoms with Crippen molar-refractivity contribution in [1.82, 2.24) is 0 Å². The molecule has 0 bridgehead atoms. The lowest BCUT2D eigenvalue weighted by molar-refractivity contribution is 0.597. The van der Waals surface area contributed by atoms with E-state index in [0.29, 0.717) is 11.3 Å². The third kappa shape index (κ3) is 4.10. The highest BCUT2D eigenvalue weighted by Gasteiger charge is 2.14. The van der Waals surface area contributed by atoms with E-state index in [-0.39, 0.29) is 10.6 Å². The Balaban J connectivity index is 2.01. The van der Waals surface area contributed by atoms with Crippen molar-refractivity contribution in [2.45, 2.75) is 16.7 Å². The zero-order valence-electron chi connectivity index (χ0n) is 11.6. The summed E-state index contributed by atoms with van der Waals surface area (Å²) in [5.74, 6) is 0.588. The second kappa shape index (κ2) is 6.79. The Bertz CT molecular complexity index is 760. The third-order valence-electron chi connectivity index (χ3n) is 3.05. The molecule has 0 unspecified atom stereocenters. The molecule has 108 valence electrons. The standard InChI is InChI=1S/C16H15NO2S2/c1-13-4-2-3-5-16(13)20-10-11-21(18,19)15-8-6-14(12-17)7-9-15/h2-9H,10-11H2,1H3. The molecule has 0 radical (unpaired) electrons. The number of nitrogens with zero attached hydrogens (tertiary/aromatic N) is 1. The van der Waals surface area contributed by atoms with Crippen LogP contribution in [0.4, 0.5) is 0 Å². The van der Waals surface area contributed by atoms with Crippen LogP contribution in [0.15, 0.2) is 58.3 Å². The van der Waals surface area contributed by atoms with Gasteiger partial charge in [0.05, 0.1) is 22.3 Å². The molecule has 2 aromatic carbocycles. The molecular weight excluding hydrogens is 302 g/mol. The first-order chi connectivity index (χ1) is 10.0. The van der Waals surface area contributed by atoms with Crippen LogP contribution in [0.5, 0.6) is 0 Å². The van der Waals surface area contributed by atoms with E-state index in [9.17, 15) is 8.42 Å². The summed E-state index contributed by atoms with van der Waals surface area (Å²) >= 11 is 1.54. The monoisotopic (exact) mass is 317 g/mol. The first-order valence-electron chi connectivity index (χ1n) is 6.44. The summed E-state index contributed by atoms with van der Waals surface area (Å²) in [5.41, 5.74) is 1.61. The Labute approximate surface area is 129 Å². The molecule has 0 fully saturated rings. The van der Waals surface area contributed by atoms with Crippen molar-refractivity contribution in [3.8, 4) is 6.07 Å². The van der Waals surface area contributed by atoms with Gasteiger partial charge in [0, 0.05) is 10.6 Å². The molecule has 0 aliphatic heterocycles. The van der Waals surface area contributed by atoms with Crippen molar-refractivity contribution in [1.29, 1.82) is 5.26 Å². The summed E-state index contributed by atoms with van der Waals surface area (Å²) < 4.78 is 24.4. The topological polar surface area (TPSA) is 57.9 Å². The van der Waals surface area contributed by atoms with Crippen LogP contribution in [0.3, 0.4) is 0 Å². The number of hydrogen-bond donors (Lipinski definition) is 0. The lowest BCUT2D eigenvalue weighted by Crippen LogP contribution is -2.08. The van der Waals surface area contributed by atoms with Crippen LogP contribution in [-0.4, -0.2) is 19.9 Å². The van der Waals surface area contributed by atoms with Crippen LogP contribution < -0.4 is 0 Å². The molecular formula is C16H15NO2S2. The lowest BCUT2D eigenvalue weighted by Gasteiger charge is -2.06. The predicted molar refractivity (Wildman–Crippen MR) is 85.1 cm³/mol. The van der Waals surface area contributed by atoms with Gasteiger partial charge in [-0.25, -0.2) is 8.42 Å². The Kier molecular flexibility index (Phi) is 5.05. The van der Waals surface area contributed by atoms with E-state index in [1.54, 1.807) is 11.8 Å². The van der Waals surface area contributed by atoms with Crippen molar-refractivity contribution in [3.63, 3.8) is 0 Å². The zero-order chi connectivity index (χ0) is 15.3. The molecule has 0 aliphatic rings. The van der Waals surface area contributed by atoms with Crippen molar-refractivity contribution < 1.29 is 8.42 Å². The molecule has 0 aliphatic carbocycles. The number of rotatable bonds is 5. The van der Waals surface area contributed by atoms with E-state index < -0.39 is 9.84 Å². The summed E-state index contributed by atoms with van der Waals surface area (Å²) in [6.45, 7) is 2.01. The predicted octanol–water partition coefficient (Wildman–Crippen LogP) is 3.43. The Morgan fingerprint density at radius 1 is 1.10 bits per heavy atom. The fourth-order valence-electron chi connectivity index (χ4n) is 1.83. The molecule has 3 nitrogen and oxygen atoms in total. The highest BCUT2D eigenvalue weighted by molar-refractivity contribution is 8.00. The van der Waals surface area contributed by atoms with Gasteiger partial charge in [-0.1, -0.05) is 18.2 Å². The highest BCUT2D eigenvalue weighted by atomic mass is 32.2. The Hall–Kier alpha value is -1.77. The van der Waals surface area contributed by atoms with Crippen LogP contribution >= 0.6 is 11.8 Å². The van der Waals surface area contributed by atoms with Gasteiger partial charge >= 0.3 is 0 Å². The van der Waals surface area contributed by atoms with Crippen LogP contribution in [-0.2, 0) is 9.84 Å². The van der Waals surface area contributed by atoms with Gasteiger partial charge in [0.1, 0.15) is 0 Å². The van der Waals surface area contributed by atoms with Crippen molar-refractivity contribution in [2.24, 2.45) is 0 Å². The average Bonchev–Trinajstić information content (AvgIpc) is 2.49. The van der Waals surface area contributed by atoms with Gasteiger partial charge in [-0.05, 0) is 42.8 Å². The maximum Gasteiger partial charge on any atom is 0.179 e. The molecule has 2 rings (SSSR count). The van der Waals surface area contributed by atoms with Gasteiger partial charge in [-0.2, -0.15) is 5.26 Å². The van der Waals surface area contributed by atoms with E-state index in [4.69, 9.17) is 5.26 Å². The molecule has 0 saturated heterocycles. The zero-order valence-corrected chi connectivity index (χ0v) is 13.2. The minimum Gasteiger partial charge on any atom is -0.224 e. The largest absolute Gasteiger partial charge is 0.224 e. The summed E-state index contributed by atoms with van der Waals surface area (Å²) in [6, 6.07) is 15.9. The van der Waals surface area contributed by atoms with Gasteiger partial charge in [-0.15, -0.1) is 11.8 Å². The van der Waals surface area contributed by atoms with Gasteiger partial charge in [0.25, 0.3) is 0 Å². The number of nitriles is 1. The molecule has 2 aromatic rings. The van der Waals surface area contributed by atoms with E-state index in [0.717, 1.165) is 10.5 Å². The van der Waals surface area contributed by atoms with Crippen LogP contribution in [0.2, 0.25) is 0 Å². The fraction of sp³-hybridized carbons (Fsp3) is 0.188. The van der Waals surface area contributed by atoms with E-state index in [2.05, 4.69) is 0 Å². The van der Waals surface area contributed by atoms with Crippen molar-refractivity contribution in [2.75, 3.05) is 11.5 Å². The number of sulfone groups is 1. The van der Waals surface area contributed by atoms with E-state index in [1.165, 1.54) is 24.3 Å². The minimum atomic E-state index is -3.30. The molecule has 21 heavy (non-hydrogen) atoms. The first kappa shape index (κ1) is 15.6. The summed E-state index contributed by atoms with van der Waals surface area (Å²) in [6.07, 6.45) is 0. The number of thioether (sulfide) groups is 1. The molecule has 0 heterocycles. The second-order valence-corrected chi connectivity index (χ2v) is 7.81. The van der Waals surface area contributed by atoms with E-state index in [1.807, 2.05) is 37.3 Å². The number of hydrogen-bond acceptors (Lipinski definition) is 4. The summed E-state index contributed by atoms with van der Waals surface area (Å²) in [5, 5.41) is 8.72. The number of aryl methyl sites for hydroxylation is 1. The molecule has 0 amide bonds. The molecule has 0 saturated carbocycles. The van der Waals surface area contributed by atoms with Crippen LogP contribution in [0.25, 0.3) is 0 Å². The van der Waals surface area contributed by atoms with Crippen molar-refractivity contribution >= 4 is 21.6 Å². The summed E-state index contributed by atoms with van der Waals surface area (Å²) in [4.78, 5) is 1.37. The highest BCUT2D eigenvalue weighted by Crippen LogP contribution is 2.23. The maximum atomic E-state index is 12.2. The molecule has 0 aromatic heterocycles. The van der Waals surface area contributed by atoms with Gasteiger partial charge < -0.3 is 0 Å². The van der Waals surface area contributed by atoms with Crippen LogP contribution in [0.1, 0.15) is 11.1 Å². The third-order valence-corrected chi connectivity index (χ3v) is 6.21. The number of benzene rings is 2. The molecule has 0 N–H and O–H groups in total. The molecule has 0 spiro atoms. The smallest absolute Gasteiger partial charge is 0.179 e. The summed E-state index contributed by atoms with van der Waals surface area (Å²) in [7, 11) is -3.30. The molecule has 5 heteroatoms. The Morgan fingerprint density at radius 2 is 1.76 bits per heavy atom. The fourth-order valence-corrected chi connectivity index (χ4v) is 4.52.